The predicted molar refractivity (Wildman–Crippen MR) is 79.4 cm³/mol. The van der Waals surface area contributed by atoms with Crippen LogP contribution in [-0.4, -0.2) is 9.78 Å². The standard InChI is InChI=1S/C12H13ClIN3/c1-8-11(12(13)17(2)16-8)7-15-10-5-3-9(14)4-6-10/h3-6,15H,7H2,1-2H3. The van der Waals surface area contributed by atoms with Crippen molar-refractivity contribution in [3.8, 4) is 0 Å². The summed E-state index contributed by atoms with van der Waals surface area (Å²) in [7, 11) is 1.85. The topological polar surface area (TPSA) is 29.9 Å². The predicted octanol–water partition coefficient (Wildman–Crippen LogP) is 3.60. The summed E-state index contributed by atoms with van der Waals surface area (Å²) in [5.74, 6) is 0. The van der Waals surface area contributed by atoms with Gasteiger partial charge in [-0.05, 0) is 53.8 Å². The number of aryl methyl sites for hydroxylation is 2. The molecular formula is C12H13ClIN3. The van der Waals surface area contributed by atoms with Gasteiger partial charge < -0.3 is 5.32 Å². The number of aromatic nitrogens is 2. The molecule has 90 valence electrons. The summed E-state index contributed by atoms with van der Waals surface area (Å²) in [5.41, 5.74) is 3.10. The Morgan fingerprint density at radius 2 is 2.00 bits per heavy atom. The Labute approximate surface area is 119 Å². The molecule has 0 spiro atoms. The summed E-state index contributed by atoms with van der Waals surface area (Å²) in [5, 5.41) is 8.32. The van der Waals surface area contributed by atoms with E-state index < -0.39 is 0 Å². The molecule has 1 heterocycles. The van der Waals surface area contributed by atoms with Crippen molar-refractivity contribution in [2.75, 3.05) is 5.32 Å². The van der Waals surface area contributed by atoms with Gasteiger partial charge in [0.15, 0.2) is 0 Å². The van der Waals surface area contributed by atoms with Gasteiger partial charge in [-0.25, -0.2) is 0 Å². The quantitative estimate of drug-likeness (QED) is 0.847. The molecule has 17 heavy (non-hydrogen) atoms. The summed E-state index contributed by atoms with van der Waals surface area (Å²) in [6, 6.07) is 8.25. The van der Waals surface area contributed by atoms with Gasteiger partial charge in [0, 0.05) is 28.4 Å². The van der Waals surface area contributed by atoms with Gasteiger partial charge in [-0.1, -0.05) is 11.6 Å². The lowest BCUT2D eigenvalue weighted by atomic mass is 10.2. The minimum atomic E-state index is 0.694. The fraction of sp³-hybridized carbons (Fsp3) is 0.250. The molecule has 0 aliphatic heterocycles. The van der Waals surface area contributed by atoms with Crippen LogP contribution in [0.25, 0.3) is 0 Å². The van der Waals surface area contributed by atoms with Crippen LogP contribution >= 0.6 is 34.2 Å². The van der Waals surface area contributed by atoms with Crippen molar-refractivity contribution in [3.63, 3.8) is 0 Å². The molecule has 1 aromatic heterocycles. The summed E-state index contributed by atoms with van der Waals surface area (Å²) in [6.07, 6.45) is 0. The van der Waals surface area contributed by atoms with Crippen molar-refractivity contribution in [2.24, 2.45) is 7.05 Å². The molecular weight excluding hydrogens is 349 g/mol. The van der Waals surface area contributed by atoms with E-state index in [0.717, 1.165) is 16.9 Å². The Hall–Kier alpha value is -0.750. The van der Waals surface area contributed by atoms with Crippen LogP contribution in [0.1, 0.15) is 11.3 Å². The van der Waals surface area contributed by atoms with Gasteiger partial charge in [0.05, 0.1) is 5.69 Å². The molecule has 0 aliphatic carbocycles. The molecule has 1 N–H and O–H groups in total. The van der Waals surface area contributed by atoms with Gasteiger partial charge in [-0.15, -0.1) is 0 Å². The van der Waals surface area contributed by atoms with Gasteiger partial charge in [0.1, 0.15) is 5.15 Å². The van der Waals surface area contributed by atoms with Crippen LogP contribution in [0, 0.1) is 10.5 Å². The minimum Gasteiger partial charge on any atom is -0.381 e. The average Bonchev–Trinajstić information content (AvgIpc) is 2.54. The lowest BCUT2D eigenvalue weighted by Crippen LogP contribution is -2.00. The maximum absolute atomic E-state index is 6.16. The van der Waals surface area contributed by atoms with Crippen LogP contribution in [0.5, 0.6) is 0 Å². The highest BCUT2D eigenvalue weighted by Gasteiger charge is 2.10. The zero-order chi connectivity index (χ0) is 12.4. The normalized spacial score (nSPS) is 10.6. The Bertz CT molecular complexity index is 519. The van der Waals surface area contributed by atoms with Gasteiger partial charge in [-0.2, -0.15) is 5.10 Å². The Morgan fingerprint density at radius 1 is 1.35 bits per heavy atom. The van der Waals surface area contributed by atoms with E-state index in [9.17, 15) is 0 Å². The Morgan fingerprint density at radius 3 is 2.53 bits per heavy atom. The number of halogens is 2. The molecule has 0 amide bonds. The van der Waals surface area contributed by atoms with E-state index in [1.54, 1.807) is 4.68 Å². The SMILES string of the molecule is Cc1nn(C)c(Cl)c1CNc1ccc(I)cc1. The third-order valence-electron chi connectivity index (χ3n) is 2.58. The average molecular weight is 362 g/mol. The van der Waals surface area contributed by atoms with E-state index in [1.807, 2.05) is 14.0 Å². The molecule has 2 aromatic rings. The third kappa shape index (κ3) is 2.93. The summed E-state index contributed by atoms with van der Waals surface area (Å²) in [6.45, 7) is 2.66. The first-order valence-electron chi connectivity index (χ1n) is 5.25. The van der Waals surface area contributed by atoms with Crippen LogP contribution in [0.4, 0.5) is 5.69 Å². The second-order valence-corrected chi connectivity index (χ2v) is 5.44. The first-order valence-corrected chi connectivity index (χ1v) is 6.71. The van der Waals surface area contributed by atoms with Crippen LogP contribution in [0.2, 0.25) is 5.15 Å². The van der Waals surface area contributed by atoms with Crippen LogP contribution in [0.15, 0.2) is 24.3 Å². The lowest BCUT2D eigenvalue weighted by Gasteiger charge is -2.06. The molecule has 3 nitrogen and oxygen atoms in total. The molecule has 2 rings (SSSR count). The number of nitrogens with one attached hydrogen (secondary N) is 1. The summed E-state index contributed by atoms with van der Waals surface area (Å²) < 4.78 is 2.92. The Kier molecular flexibility index (Phi) is 3.93. The summed E-state index contributed by atoms with van der Waals surface area (Å²) >= 11 is 8.45. The molecule has 0 unspecified atom stereocenters. The van der Waals surface area contributed by atoms with Crippen LogP contribution in [0.3, 0.4) is 0 Å². The van der Waals surface area contributed by atoms with E-state index in [4.69, 9.17) is 11.6 Å². The zero-order valence-electron chi connectivity index (χ0n) is 9.67. The number of rotatable bonds is 3. The zero-order valence-corrected chi connectivity index (χ0v) is 12.6. The highest BCUT2D eigenvalue weighted by atomic mass is 127. The van der Waals surface area contributed by atoms with E-state index in [-0.39, 0.29) is 0 Å². The molecule has 0 atom stereocenters. The van der Waals surface area contributed by atoms with E-state index in [0.29, 0.717) is 11.7 Å². The highest BCUT2D eigenvalue weighted by molar-refractivity contribution is 14.1. The number of anilines is 1. The van der Waals surface area contributed by atoms with Crippen molar-refractivity contribution in [1.29, 1.82) is 0 Å². The number of nitrogens with zero attached hydrogens (tertiary/aromatic N) is 2. The molecule has 5 heteroatoms. The number of hydrogen-bond acceptors (Lipinski definition) is 2. The molecule has 1 aromatic carbocycles. The second-order valence-electron chi connectivity index (χ2n) is 3.84. The van der Waals surface area contributed by atoms with Crippen LogP contribution < -0.4 is 5.32 Å². The fourth-order valence-corrected chi connectivity index (χ4v) is 2.23. The smallest absolute Gasteiger partial charge is 0.131 e. The van der Waals surface area contributed by atoms with Crippen LogP contribution in [-0.2, 0) is 13.6 Å². The highest BCUT2D eigenvalue weighted by Crippen LogP contribution is 2.20. The fourth-order valence-electron chi connectivity index (χ4n) is 1.63. The van der Waals surface area contributed by atoms with Gasteiger partial charge in [0.2, 0.25) is 0 Å². The second kappa shape index (κ2) is 5.27. The molecule has 0 fully saturated rings. The lowest BCUT2D eigenvalue weighted by molar-refractivity contribution is 0.757. The molecule has 0 saturated carbocycles. The van der Waals surface area contributed by atoms with Gasteiger partial charge in [0.25, 0.3) is 0 Å². The number of benzene rings is 1. The Balaban J connectivity index is 2.09. The van der Waals surface area contributed by atoms with E-state index in [1.165, 1.54) is 3.57 Å². The summed E-state index contributed by atoms with van der Waals surface area (Å²) in [4.78, 5) is 0. The minimum absolute atomic E-state index is 0.694. The molecule has 0 saturated heterocycles. The van der Waals surface area contributed by atoms with Crippen molar-refractivity contribution < 1.29 is 0 Å². The number of hydrogen-bond donors (Lipinski definition) is 1. The first kappa shape index (κ1) is 12.7. The van der Waals surface area contributed by atoms with Crippen molar-refractivity contribution >= 4 is 39.9 Å². The molecule has 0 radical (unpaired) electrons. The van der Waals surface area contributed by atoms with E-state index in [2.05, 4.69) is 57.3 Å². The maximum Gasteiger partial charge on any atom is 0.131 e. The molecule has 0 aliphatic rings. The van der Waals surface area contributed by atoms with Gasteiger partial charge in [-0.3, -0.25) is 4.68 Å². The first-order chi connectivity index (χ1) is 8.08. The largest absolute Gasteiger partial charge is 0.381 e. The monoisotopic (exact) mass is 361 g/mol. The third-order valence-corrected chi connectivity index (χ3v) is 3.78. The van der Waals surface area contributed by atoms with Crippen molar-refractivity contribution in [2.45, 2.75) is 13.5 Å². The maximum atomic E-state index is 6.16. The van der Waals surface area contributed by atoms with Gasteiger partial charge >= 0.3 is 0 Å². The molecule has 0 bridgehead atoms. The van der Waals surface area contributed by atoms with Crippen molar-refractivity contribution in [1.82, 2.24) is 9.78 Å². The van der Waals surface area contributed by atoms with E-state index >= 15 is 0 Å². The van der Waals surface area contributed by atoms with Crippen molar-refractivity contribution in [3.05, 3.63) is 44.2 Å².